The first-order valence-electron chi connectivity index (χ1n) is 38.5. The van der Waals surface area contributed by atoms with E-state index in [0.717, 1.165) is 195 Å². The highest BCUT2D eigenvalue weighted by atomic mass is 14.9. The summed E-state index contributed by atoms with van der Waals surface area (Å²) < 4.78 is 0. The van der Waals surface area contributed by atoms with Gasteiger partial charge in [-0.15, -0.1) is 0 Å². The van der Waals surface area contributed by atoms with Gasteiger partial charge in [-0.3, -0.25) is 19.9 Å². The van der Waals surface area contributed by atoms with Crippen LogP contribution in [0.4, 0.5) is 0 Å². The number of nitrogens with zero attached hydrogens (tertiary/aromatic N) is 6. The van der Waals surface area contributed by atoms with Crippen molar-refractivity contribution < 1.29 is 0 Å². The molecule has 114 heavy (non-hydrogen) atoms. The maximum absolute atomic E-state index is 5.26. The van der Waals surface area contributed by atoms with Gasteiger partial charge in [0.1, 0.15) is 0 Å². The topological polar surface area (TPSA) is 77.3 Å². The molecule has 0 saturated heterocycles. The van der Waals surface area contributed by atoms with E-state index < -0.39 is 0 Å². The summed E-state index contributed by atoms with van der Waals surface area (Å²) in [4.78, 5) is 30.2. The Labute approximate surface area is 664 Å². The lowest BCUT2D eigenvalue weighted by atomic mass is 9.86. The van der Waals surface area contributed by atoms with E-state index >= 15 is 0 Å². The summed E-state index contributed by atoms with van der Waals surface area (Å²) in [6.07, 6.45) is 9.87. The molecule has 0 aliphatic carbocycles. The molecule has 6 heteroatoms. The molecule has 6 nitrogen and oxygen atoms in total. The van der Waals surface area contributed by atoms with Gasteiger partial charge in [0.25, 0.3) is 0 Å². The van der Waals surface area contributed by atoms with Crippen molar-refractivity contribution in [3.05, 3.63) is 437 Å². The highest BCUT2D eigenvalue weighted by molar-refractivity contribution is 5.97. The molecule has 0 aliphatic rings. The molecule has 19 rings (SSSR count). The van der Waals surface area contributed by atoms with E-state index in [4.69, 9.17) is 29.9 Å². The first kappa shape index (κ1) is 69.2. The minimum Gasteiger partial charge on any atom is -0.256 e. The minimum absolute atomic E-state index is 0.644. The summed E-state index contributed by atoms with van der Waals surface area (Å²) in [7, 11) is 0. The zero-order chi connectivity index (χ0) is 75.9. The summed E-state index contributed by atoms with van der Waals surface area (Å²) in [5, 5.41) is 0. The van der Waals surface area contributed by atoms with Gasteiger partial charge in [-0.25, -0.2) is 9.97 Å². The highest BCUT2D eigenvalue weighted by Gasteiger charge is 2.21. The largest absolute Gasteiger partial charge is 0.256 e. The molecular formula is C108H72N6. The number of rotatable bonds is 18. The number of hydrogen-bond acceptors (Lipinski definition) is 6. The lowest BCUT2D eigenvalue weighted by Crippen LogP contribution is -1.94. The van der Waals surface area contributed by atoms with Gasteiger partial charge in [0.15, 0.2) is 5.82 Å². The van der Waals surface area contributed by atoms with Gasteiger partial charge in [-0.05, 0) is 178 Å². The molecule has 0 bridgehead atoms. The molecule has 0 saturated carbocycles. The van der Waals surface area contributed by atoms with E-state index in [1.165, 1.54) is 0 Å². The molecule has 0 unspecified atom stereocenters. The zero-order valence-electron chi connectivity index (χ0n) is 62.3. The van der Waals surface area contributed by atoms with Crippen LogP contribution in [0.15, 0.2) is 437 Å². The van der Waals surface area contributed by atoms with Gasteiger partial charge in [-0.2, -0.15) is 0 Å². The molecule has 0 amide bonds. The summed E-state index contributed by atoms with van der Waals surface area (Å²) in [6.45, 7) is 0. The number of hydrogen-bond donors (Lipinski definition) is 0. The Balaban J connectivity index is 0.643. The van der Waals surface area contributed by atoms with Crippen LogP contribution < -0.4 is 0 Å². The second-order valence-corrected chi connectivity index (χ2v) is 28.5. The van der Waals surface area contributed by atoms with E-state index in [0.29, 0.717) is 5.82 Å². The molecule has 0 atom stereocenters. The molecular weight excluding hydrogens is 1380 g/mol. The lowest BCUT2D eigenvalue weighted by molar-refractivity contribution is 1.18. The van der Waals surface area contributed by atoms with E-state index in [9.17, 15) is 0 Å². The summed E-state index contributed by atoms with van der Waals surface area (Å²) in [5.41, 5.74) is 36.9. The normalized spacial score (nSPS) is 11.2. The molecule has 0 fully saturated rings. The molecule has 0 spiro atoms. The van der Waals surface area contributed by atoms with Crippen molar-refractivity contribution in [3.8, 4) is 201 Å². The summed E-state index contributed by atoms with van der Waals surface area (Å²) >= 11 is 0. The quantitative estimate of drug-likeness (QED) is 0.0852. The van der Waals surface area contributed by atoms with Crippen molar-refractivity contribution in [2.75, 3.05) is 0 Å². The fourth-order valence-electron chi connectivity index (χ4n) is 15.7. The van der Waals surface area contributed by atoms with E-state index in [1.54, 1.807) is 0 Å². The van der Waals surface area contributed by atoms with Gasteiger partial charge in [0, 0.05) is 86.6 Å². The fraction of sp³-hybridized carbons (Fsp3) is 0. The lowest BCUT2D eigenvalue weighted by Gasteiger charge is -2.18. The van der Waals surface area contributed by atoms with Crippen molar-refractivity contribution in [2.45, 2.75) is 0 Å². The smallest absolute Gasteiger partial charge is 0.159 e. The van der Waals surface area contributed by atoms with Crippen molar-refractivity contribution in [1.29, 1.82) is 0 Å². The molecule has 5 aromatic heterocycles. The van der Waals surface area contributed by atoms with E-state index in [2.05, 4.69) is 376 Å². The van der Waals surface area contributed by atoms with E-state index in [-0.39, 0.29) is 0 Å². The predicted octanol–water partition coefficient (Wildman–Crippen LogP) is 28.1. The zero-order valence-corrected chi connectivity index (χ0v) is 62.3. The summed E-state index contributed by atoms with van der Waals surface area (Å²) in [6, 6.07) is 144. The molecule has 534 valence electrons. The van der Waals surface area contributed by atoms with Gasteiger partial charge in [0.05, 0.1) is 28.5 Å². The van der Waals surface area contributed by atoms with Crippen LogP contribution in [0, 0.1) is 0 Å². The molecule has 19 aromatic rings. The number of pyridine rings is 4. The fourth-order valence-corrected chi connectivity index (χ4v) is 15.7. The van der Waals surface area contributed by atoms with Crippen molar-refractivity contribution in [1.82, 2.24) is 29.9 Å². The molecule has 0 N–H and O–H groups in total. The SMILES string of the molecule is c1ccc(-c2ccc(-c3ccccc3-c3cc(-c4ccccc4-c4ccc(-c5ccnc(-c6ccc(-c7ccccc7-c7cc(-c8ccccc8-c8ccc(-c9ccccc9)nc8)cc(-c8ccccc8-c8ccc(-c9ccccc9)nc8)c7)cc6)n5)cc4)cc(-c4ccccc4-c4ccc(-c5ccccc5)nc4)c3)cn2)cc1. The van der Waals surface area contributed by atoms with Gasteiger partial charge in [0.2, 0.25) is 0 Å². The third kappa shape index (κ3) is 14.3. The second-order valence-electron chi connectivity index (χ2n) is 28.5. The van der Waals surface area contributed by atoms with Crippen molar-refractivity contribution in [3.63, 3.8) is 0 Å². The first-order chi connectivity index (χ1) is 56.5. The predicted molar refractivity (Wildman–Crippen MR) is 471 cm³/mol. The Morgan fingerprint density at radius 3 is 0.553 bits per heavy atom. The minimum atomic E-state index is 0.644. The van der Waals surface area contributed by atoms with Crippen LogP contribution in [0.25, 0.3) is 201 Å². The van der Waals surface area contributed by atoms with Crippen LogP contribution in [0.2, 0.25) is 0 Å². The monoisotopic (exact) mass is 1450 g/mol. The van der Waals surface area contributed by atoms with Crippen molar-refractivity contribution in [2.24, 2.45) is 0 Å². The van der Waals surface area contributed by atoms with Crippen LogP contribution >= 0.6 is 0 Å². The average Bonchev–Trinajstić information content (AvgIpc) is 0.763. The molecule has 0 aliphatic heterocycles. The Morgan fingerprint density at radius 1 is 0.123 bits per heavy atom. The third-order valence-corrected chi connectivity index (χ3v) is 21.5. The average molecular weight is 1450 g/mol. The second kappa shape index (κ2) is 31.4. The maximum atomic E-state index is 5.26. The van der Waals surface area contributed by atoms with Gasteiger partial charge in [-0.1, -0.05) is 340 Å². The maximum Gasteiger partial charge on any atom is 0.159 e. The summed E-state index contributed by atoms with van der Waals surface area (Å²) in [5.74, 6) is 0.644. The number of aromatic nitrogens is 6. The van der Waals surface area contributed by atoms with Gasteiger partial charge >= 0.3 is 0 Å². The first-order valence-corrected chi connectivity index (χ1v) is 38.5. The molecule has 5 heterocycles. The van der Waals surface area contributed by atoms with Crippen LogP contribution in [-0.4, -0.2) is 29.9 Å². The van der Waals surface area contributed by atoms with Crippen LogP contribution in [-0.2, 0) is 0 Å². The Kier molecular flexibility index (Phi) is 19.1. The Bertz CT molecular complexity index is 5940. The van der Waals surface area contributed by atoms with Gasteiger partial charge < -0.3 is 0 Å². The van der Waals surface area contributed by atoms with Crippen molar-refractivity contribution >= 4 is 0 Å². The third-order valence-electron chi connectivity index (χ3n) is 21.5. The molecule has 0 radical (unpaired) electrons. The van der Waals surface area contributed by atoms with E-state index in [1.807, 2.05) is 61.3 Å². The Morgan fingerprint density at radius 2 is 0.316 bits per heavy atom. The van der Waals surface area contributed by atoms with Crippen LogP contribution in [0.5, 0.6) is 0 Å². The standard InChI is InChI=1S/C108H72N6/c1-5-25-75(26-6-1)103-57-53-81(69-110-103)93-35-15-21-41-99(93)87-63-85(64-88(67-87)100-42-22-16-36-94(100)82-54-58-104(111-70-82)76-27-7-2-8-28-76)97-39-19-13-33-91(97)73-45-49-79(50-46-73)107-61-62-109-108(114-107)80-51-47-74(48-52-80)92-34-14-20-40-98(92)86-65-89(101-43-23-17-37-95(101)83-55-59-105(112-71-83)77-29-9-3-10-30-77)68-90(66-86)102-44-24-18-38-96(102)84-56-60-106(113-72-84)78-31-11-4-12-32-78/h1-72H. The molecule has 14 aromatic carbocycles. The Hall–Kier alpha value is -15.2. The van der Waals surface area contributed by atoms with Crippen LogP contribution in [0.3, 0.4) is 0 Å². The van der Waals surface area contributed by atoms with Crippen LogP contribution in [0.1, 0.15) is 0 Å². The number of benzene rings is 14. The highest BCUT2D eigenvalue weighted by Crippen LogP contribution is 2.46.